The maximum absolute atomic E-state index is 12.6. The highest BCUT2D eigenvalue weighted by Gasteiger charge is 2.31. The SMILES string of the molecule is CN(C)Cc1c(C(=O)NCC2(O)CCOCC2)oc2ccccc12. The highest BCUT2D eigenvalue weighted by molar-refractivity contribution is 5.99. The van der Waals surface area contributed by atoms with E-state index < -0.39 is 5.60 Å². The molecular formula is C18H24N2O4. The molecule has 130 valence electrons. The van der Waals surface area contributed by atoms with Gasteiger partial charge in [-0.2, -0.15) is 0 Å². The van der Waals surface area contributed by atoms with Crippen molar-refractivity contribution >= 4 is 16.9 Å². The van der Waals surface area contributed by atoms with E-state index in [0.717, 1.165) is 10.9 Å². The molecule has 24 heavy (non-hydrogen) atoms. The molecule has 2 aromatic rings. The van der Waals surface area contributed by atoms with Crippen molar-refractivity contribution in [2.75, 3.05) is 33.9 Å². The highest BCUT2D eigenvalue weighted by atomic mass is 16.5. The van der Waals surface area contributed by atoms with Gasteiger partial charge in [0, 0.05) is 50.1 Å². The number of nitrogens with one attached hydrogen (secondary N) is 1. The minimum atomic E-state index is -0.901. The van der Waals surface area contributed by atoms with Crippen LogP contribution in [0.3, 0.4) is 0 Å². The average Bonchev–Trinajstić information content (AvgIpc) is 2.92. The van der Waals surface area contributed by atoms with Gasteiger partial charge in [0.05, 0.1) is 5.60 Å². The third-order valence-corrected chi connectivity index (χ3v) is 4.38. The van der Waals surface area contributed by atoms with E-state index in [1.807, 2.05) is 43.3 Å². The molecule has 1 aromatic carbocycles. The number of carbonyl (C=O) groups excluding carboxylic acids is 1. The maximum Gasteiger partial charge on any atom is 0.287 e. The van der Waals surface area contributed by atoms with Gasteiger partial charge < -0.3 is 24.5 Å². The lowest BCUT2D eigenvalue weighted by Crippen LogP contribution is -2.46. The number of para-hydroxylation sites is 1. The Morgan fingerprint density at radius 2 is 2.00 bits per heavy atom. The predicted octanol–water partition coefficient (Wildman–Crippen LogP) is 1.77. The van der Waals surface area contributed by atoms with Crippen LogP contribution >= 0.6 is 0 Å². The number of hydrogen-bond acceptors (Lipinski definition) is 5. The summed E-state index contributed by atoms with van der Waals surface area (Å²) in [5.74, 6) is 0.0310. The van der Waals surface area contributed by atoms with Gasteiger partial charge in [0.2, 0.25) is 0 Å². The first-order valence-electron chi connectivity index (χ1n) is 8.22. The van der Waals surface area contributed by atoms with Crippen LogP contribution in [-0.2, 0) is 11.3 Å². The van der Waals surface area contributed by atoms with Crippen LogP contribution in [0.25, 0.3) is 11.0 Å². The fraction of sp³-hybridized carbons (Fsp3) is 0.500. The normalized spacial score (nSPS) is 17.3. The molecule has 1 saturated heterocycles. The maximum atomic E-state index is 12.6. The Morgan fingerprint density at radius 1 is 1.29 bits per heavy atom. The molecule has 6 heteroatoms. The summed E-state index contributed by atoms with van der Waals surface area (Å²) in [7, 11) is 3.91. The molecule has 1 aromatic heterocycles. The zero-order valence-corrected chi connectivity index (χ0v) is 14.2. The quantitative estimate of drug-likeness (QED) is 0.873. The van der Waals surface area contributed by atoms with Crippen molar-refractivity contribution in [3.05, 3.63) is 35.6 Å². The summed E-state index contributed by atoms with van der Waals surface area (Å²) in [6, 6.07) is 7.64. The Morgan fingerprint density at radius 3 is 2.71 bits per heavy atom. The van der Waals surface area contributed by atoms with Crippen LogP contribution in [0.1, 0.15) is 29.0 Å². The van der Waals surface area contributed by atoms with Gasteiger partial charge >= 0.3 is 0 Å². The van der Waals surface area contributed by atoms with E-state index in [1.165, 1.54) is 0 Å². The second-order valence-electron chi connectivity index (χ2n) is 6.66. The minimum Gasteiger partial charge on any atom is -0.451 e. The van der Waals surface area contributed by atoms with Gasteiger partial charge in [-0.25, -0.2) is 0 Å². The van der Waals surface area contributed by atoms with Crippen molar-refractivity contribution in [1.82, 2.24) is 10.2 Å². The second-order valence-corrected chi connectivity index (χ2v) is 6.66. The zero-order chi connectivity index (χ0) is 17.2. The lowest BCUT2D eigenvalue weighted by atomic mass is 9.94. The smallest absolute Gasteiger partial charge is 0.287 e. The lowest BCUT2D eigenvalue weighted by Gasteiger charge is -2.31. The lowest BCUT2D eigenvalue weighted by molar-refractivity contribution is -0.0605. The number of carbonyl (C=O) groups is 1. The summed E-state index contributed by atoms with van der Waals surface area (Å²) < 4.78 is 11.1. The molecule has 6 nitrogen and oxygen atoms in total. The third-order valence-electron chi connectivity index (χ3n) is 4.38. The largest absolute Gasteiger partial charge is 0.451 e. The van der Waals surface area contributed by atoms with Gasteiger partial charge in [0.25, 0.3) is 5.91 Å². The van der Waals surface area contributed by atoms with Crippen LogP contribution in [0.4, 0.5) is 0 Å². The summed E-state index contributed by atoms with van der Waals surface area (Å²) in [5, 5.41) is 14.3. The molecule has 2 heterocycles. The number of hydrogen-bond donors (Lipinski definition) is 2. The van der Waals surface area contributed by atoms with E-state index in [1.54, 1.807) is 0 Å². The molecule has 2 N–H and O–H groups in total. The van der Waals surface area contributed by atoms with E-state index in [2.05, 4.69) is 5.32 Å². The van der Waals surface area contributed by atoms with Crippen LogP contribution in [0.5, 0.6) is 0 Å². The number of benzene rings is 1. The van der Waals surface area contributed by atoms with Gasteiger partial charge in [-0.1, -0.05) is 18.2 Å². The summed E-state index contributed by atoms with van der Waals surface area (Å²) in [6.45, 7) is 1.84. The molecule has 3 rings (SSSR count). The molecule has 0 radical (unpaired) electrons. The van der Waals surface area contributed by atoms with E-state index in [9.17, 15) is 9.90 Å². The first kappa shape index (κ1) is 17.0. The van der Waals surface area contributed by atoms with Crippen LogP contribution < -0.4 is 5.32 Å². The monoisotopic (exact) mass is 332 g/mol. The number of aliphatic hydroxyl groups is 1. The molecule has 0 aliphatic carbocycles. The Bertz CT molecular complexity index is 717. The summed E-state index contributed by atoms with van der Waals surface area (Å²) >= 11 is 0. The van der Waals surface area contributed by atoms with Crippen LogP contribution in [-0.4, -0.2) is 55.4 Å². The standard InChI is InChI=1S/C18H24N2O4/c1-20(2)11-14-13-5-3-4-6-15(13)24-16(14)17(21)19-12-18(22)7-9-23-10-8-18/h3-6,22H,7-12H2,1-2H3,(H,19,21). The molecule has 1 aliphatic heterocycles. The van der Waals surface area contributed by atoms with Crippen molar-refractivity contribution in [2.24, 2.45) is 0 Å². The number of amides is 1. The van der Waals surface area contributed by atoms with Crippen molar-refractivity contribution < 1.29 is 19.1 Å². The fourth-order valence-electron chi connectivity index (χ4n) is 3.01. The number of fused-ring (bicyclic) bond motifs is 1. The first-order chi connectivity index (χ1) is 11.5. The topological polar surface area (TPSA) is 74.9 Å². The van der Waals surface area contributed by atoms with E-state index >= 15 is 0 Å². The first-order valence-corrected chi connectivity index (χ1v) is 8.22. The van der Waals surface area contributed by atoms with Crippen LogP contribution in [0.2, 0.25) is 0 Å². The number of furan rings is 1. The minimum absolute atomic E-state index is 0.202. The fourth-order valence-corrected chi connectivity index (χ4v) is 3.01. The van der Waals surface area contributed by atoms with Crippen molar-refractivity contribution in [1.29, 1.82) is 0 Å². The van der Waals surface area contributed by atoms with Crippen LogP contribution in [0.15, 0.2) is 28.7 Å². The summed E-state index contributed by atoms with van der Waals surface area (Å²) in [4.78, 5) is 14.6. The van der Waals surface area contributed by atoms with Gasteiger partial charge in [0.15, 0.2) is 5.76 Å². The predicted molar refractivity (Wildman–Crippen MR) is 90.9 cm³/mol. The molecule has 1 aliphatic rings. The highest BCUT2D eigenvalue weighted by Crippen LogP contribution is 2.27. The summed E-state index contributed by atoms with van der Waals surface area (Å²) in [5.41, 5.74) is 0.665. The Balaban J connectivity index is 1.81. The molecule has 0 atom stereocenters. The summed E-state index contributed by atoms with van der Waals surface area (Å²) in [6.07, 6.45) is 1.05. The van der Waals surface area contributed by atoms with Gasteiger partial charge in [0.1, 0.15) is 5.58 Å². The third kappa shape index (κ3) is 3.61. The number of nitrogens with zero attached hydrogens (tertiary/aromatic N) is 1. The molecule has 0 bridgehead atoms. The van der Waals surface area contributed by atoms with E-state index in [4.69, 9.17) is 9.15 Å². The number of rotatable bonds is 5. The molecule has 1 amide bonds. The van der Waals surface area contributed by atoms with Gasteiger partial charge in [-0.3, -0.25) is 4.79 Å². The Hall–Kier alpha value is -1.89. The van der Waals surface area contributed by atoms with Gasteiger partial charge in [-0.05, 0) is 20.2 Å². The van der Waals surface area contributed by atoms with E-state index in [-0.39, 0.29) is 12.5 Å². The Kier molecular flexibility index (Phi) is 4.89. The molecular weight excluding hydrogens is 308 g/mol. The van der Waals surface area contributed by atoms with Gasteiger partial charge in [-0.15, -0.1) is 0 Å². The van der Waals surface area contributed by atoms with Crippen molar-refractivity contribution in [2.45, 2.75) is 25.0 Å². The average molecular weight is 332 g/mol. The van der Waals surface area contributed by atoms with Crippen LogP contribution in [0, 0.1) is 0 Å². The molecule has 0 saturated carbocycles. The Labute approximate surface area is 141 Å². The second kappa shape index (κ2) is 6.93. The van der Waals surface area contributed by atoms with E-state index in [0.29, 0.717) is 43.9 Å². The van der Waals surface area contributed by atoms with Crippen molar-refractivity contribution in [3.8, 4) is 0 Å². The molecule has 0 spiro atoms. The van der Waals surface area contributed by atoms with Crippen molar-refractivity contribution in [3.63, 3.8) is 0 Å². The molecule has 0 unspecified atom stereocenters. The zero-order valence-electron chi connectivity index (χ0n) is 14.2. The number of ether oxygens (including phenoxy) is 1. The molecule has 1 fully saturated rings.